The lowest BCUT2D eigenvalue weighted by atomic mass is 10.2. The van der Waals surface area contributed by atoms with Gasteiger partial charge in [-0.15, -0.1) is 11.3 Å². The molecule has 17 heavy (non-hydrogen) atoms. The Kier molecular flexibility index (Phi) is 4.98. The summed E-state index contributed by atoms with van der Waals surface area (Å²) in [5, 5.41) is 7.33. The fraction of sp³-hybridized carbons (Fsp3) is 0.250. The van der Waals surface area contributed by atoms with Crippen LogP contribution in [0.3, 0.4) is 0 Å². The van der Waals surface area contributed by atoms with Crippen molar-refractivity contribution in [2.24, 2.45) is 0 Å². The molecule has 90 valence electrons. The van der Waals surface area contributed by atoms with E-state index in [1.54, 1.807) is 11.3 Å². The highest BCUT2D eigenvalue weighted by atomic mass is 79.9. The molecule has 2 rings (SSSR count). The number of nitrogens with zero attached hydrogens (tertiary/aromatic N) is 1. The normalized spacial score (nSPS) is 10.7. The first-order valence-electron chi connectivity index (χ1n) is 5.29. The summed E-state index contributed by atoms with van der Waals surface area (Å²) in [4.78, 5) is 4.24. The van der Waals surface area contributed by atoms with Gasteiger partial charge in [-0.1, -0.05) is 33.6 Å². The van der Waals surface area contributed by atoms with Crippen molar-refractivity contribution in [3.05, 3.63) is 49.8 Å². The van der Waals surface area contributed by atoms with E-state index >= 15 is 0 Å². The fourth-order valence-electron chi connectivity index (χ4n) is 1.46. The second-order valence-corrected chi connectivity index (χ2v) is 5.89. The summed E-state index contributed by atoms with van der Waals surface area (Å²) in [5.74, 6) is 0. The lowest BCUT2D eigenvalue weighted by Gasteiger charge is -2.06. The minimum Gasteiger partial charge on any atom is -0.312 e. The Labute approximate surface area is 118 Å². The molecule has 0 saturated heterocycles. The van der Waals surface area contributed by atoms with Gasteiger partial charge in [-0.25, -0.2) is 4.98 Å². The van der Waals surface area contributed by atoms with Gasteiger partial charge in [0, 0.05) is 40.6 Å². The Morgan fingerprint density at radius 3 is 3.00 bits per heavy atom. The van der Waals surface area contributed by atoms with Gasteiger partial charge in [-0.05, 0) is 17.7 Å². The largest absolute Gasteiger partial charge is 0.312 e. The van der Waals surface area contributed by atoms with Crippen LogP contribution in [0.4, 0.5) is 0 Å². The molecule has 0 saturated carbocycles. The molecule has 2 nitrogen and oxygen atoms in total. The highest BCUT2D eigenvalue weighted by Gasteiger charge is 2.01. The van der Waals surface area contributed by atoms with Crippen molar-refractivity contribution < 1.29 is 0 Å². The predicted molar refractivity (Wildman–Crippen MR) is 76.7 cm³/mol. The molecule has 0 aliphatic heterocycles. The minimum absolute atomic E-state index is 0.789. The Morgan fingerprint density at radius 2 is 2.29 bits per heavy atom. The van der Waals surface area contributed by atoms with E-state index in [-0.39, 0.29) is 0 Å². The summed E-state index contributed by atoms with van der Waals surface area (Å²) in [6, 6.07) is 5.95. The van der Waals surface area contributed by atoms with Crippen molar-refractivity contribution in [2.45, 2.75) is 13.0 Å². The van der Waals surface area contributed by atoms with Gasteiger partial charge < -0.3 is 5.32 Å². The maximum Gasteiger partial charge on any atom is 0.0937 e. The number of hydrogen-bond donors (Lipinski definition) is 1. The van der Waals surface area contributed by atoms with Gasteiger partial charge in [0.25, 0.3) is 0 Å². The molecule has 0 amide bonds. The molecule has 0 unspecified atom stereocenters. The monoisotopic (exact) mass is 330 g/mol. The third-order valence-corrected chi connectivity index (χ3v) is 4.01. The topological polar surface area (TPSA) is 24.9 Å². The van der Waals surface area contributed by atoms with Crippen LogP contribution in [0.1, 0.15) is 10.6 Å². The Morgan fingerprint density at radius 1 is 1.41 bits per heavy atom. The molecule has 1 N–H and O–H groups in total. The average Bonchev–Trinajstić information content (AvgIpc) is 2.79. The van der Waals surface area contributed by atoms with Crippen molar-refractivity contribution in [1.29, 1.82) is 0 Å². The van der Waals surface area contributed by atoms with E-state index in [4.69, 9.17) is 11.6 Å². The summed E-state index contributed by atoms with van der Waals surface area (Å²) < 4.78 is 1.01. The molecule has 0 bridgehead atoms. The molecule has 1 aromatic carbocycles. The lowest BCUT2D eigenvalue weighted by Crippen LogP contribution is -2.16. The number of rotatable bonds is 5. The number of halogens is 2. The standard InChI is InChI=1S/C12H12BrClN2S/c13-10-2-1-9(11(14)7-10)8-15-4-3-12-16-5-6-17-12/h1-2,5-7,15H,3-4,8H2. The number of thiazole rings is 1. The zero-order valence-corrected chi connectivity index (χ0v) is 12.3. The van der Waals surface area contributed by atoms with Crippen LogP contribution < -0.4 is 5.32 Å². The first-order valence-corrected chi connectivity index (χ1v) is 7.34. The second kappa shape index (κ2) is 6.50. The molecule has 2 aromatic rings. The zero-order chi connectivity index (χ0) is 12.1. The van der Waals surface area contributed by atoms with Crippen molar-refractivity contribution in [2.75, 3.05) is 6.54 Å². The molecular formula is C12H12BrClN2S. The molecule has 0 radical (unpaired) electrons. The minimum atomic E-state index is 0.789. The van der Waals surface area contributed by atoms with Gasteiger partial charge in [-0.2, -0.15) is 0 Å². The van der Waals surface area contributed by atoms with E-state index in [9.17, 15) is 0 Å². The third-order valence-electron chi connectivity index (χ3n) is 2.33. The SMILES string of the molecule is Clc1cc(Br)ccc1CNCCc1nccs1. The molecule has 0 fully saturated rings. The zero-order valence-electron chi connectivity index (χ0n) is 9.12. The quantitative estimate of drug-likeness (QED) is 0.841. The maximum absolute atomic E-state index is 6.13. The van der Waals surface area contributed by atoms with Gasteiger partial charge in [-0.3, -0.25) is 0 Å². The number of aromatic nitrogens is 1. The maximum atomic E-state index is 6.13. The smallest absolute Gasteiger partial charge is 0.0937 e. The van der Waals surface area contributed by atoms with Crippen LogP contribution in [-0.4, -0.2) is 11.5 Å². The Bertz CT molecular complexity index is 473. The molecule has 0 aliphatic rings. The summed E-state index contributed by atoms with van der Waals surface area (Å²) in [6.45, 7) is 1.71. The molecule has 0 aliphatic carbocycles. The van der Waals surface area contributed by atoms with E-state index in [2.05, 4.69) is 26.2 Å². The van der Waals surface area contributed by atoms with E-state index in [0.29, 0.717) is 0 Å². The van der Waals surface area contributed by atoms with Crippen molar-refractivity contribution in [3.8, 4) is 0 Å². The predicted octanol–water partition coefficient (Wildman–Crippen LogP) is 3.89. The average molecular weight is 332 g/mol. The summed E-state index contributed by atoms with van der Waals surface area (Å²) >= 11 is 11.2. The number of benzene rings is 1. The third kappa shape index (κ3) is 4.07. The van der Waals surface area contributed by atoms with Crippen LogP contribution in [0, 0.1) is 0 Å². The molecule has 0 atom stereocenters. The summed E-state index contributed by atoms with van der Waals surface area (Å²) in [5.41, 5.74) is 1.12. The van der Waals surface area contributed by atoms with Crippen molar-refractivity contribution >= 4 is 38.9 Å². The Balaban J connectivity index is 1.78. The molecule has 1 aromatic heterocycles. The first kappa shape index (κ1) is 13.0. The summed E-state index contributed by atoms with van der Waals surface area (Å²) in [7, 11) is 0. The van der Waals surface area contributed by atoms with Crippen LogP contribution in [0.25, 0.3) is 0 Å². The van der Waals surface area contributed by atoms with Crippen LogP contribution in [0.2, 0.25) is 5.02 Å². The highest BCUT2D eigenvalue weighted by molar-refractivity contribution is 9.10. The van der Waals surface area contributed by atoms with Crippen LogP contribution >= 0.6 is 38.9 Å². The van der Waals surface area contributed by atoms with Crippen molar-refractivity contribution in [1.82, 2.24) is 10.3 Å². The number of nitrogens with one attached hydrogen (secondary N) is 1. The van der Waals surface area contributed by atoms with Gasteiger partial charge in [0.05, 0.1) is 5.01 Å². The van der Waals surface area contributed by atoms with Gasteiger partial charge in [0.1, 0.15) is 0 Å². The first-order chi connectivity index (χ1) is 8.25. The summed E-state index contributed by atoms with van der Waals surface area (Å²) in [6.07, 6.45) is 2.80. The lowest BCUT2D eigenvalue weighted by molar-refractivity contribution is 0.685. The highest BCUT2D eigenvalue weighted by Crippen LogP contribution is 2.21. The van der Waals surface area contributed by atoms with Gasteiger partial charge in [0.15, 0.2) is 0 Å². The van der Waals surface area contributed by atoms with Gasteiger partial charge in [0.2, 0.25) is 0 Å². The van der Waals surface area contributed by atoms with E-state index < -0.39 is 0 Å². The molecule has 5 heteroatoms. The second-order valence-electron chi connectivity index (χ2n) is 3.59. The molecule has 0 spiro atoms. The van der Waals surface area contributed by atoms with Gasteiger partial charge >= 0.3 is 0 Å². The van der Waals surface area contributed by atoms with E-state index in [1.807, 2.05) is 29.8 Å². The van der Waals surface area contributed by atoms with Crippen molar-refractivity contribution in [3.63, 3.8) is 0 Å². The van der Waals surface area contributed by atoms with E-state index in [1.165, 1.54) is 5.01 Å². The molecule has 1 heterocycles. The van der Waals surface area contributed by atoms with E-state index in [0.717, 1.165) is 34.6 Å². The van der Waals surface area contributed by atoms with Crippen LogP contribution in [0.15, 0.2) is 34.2 Å². The number of hydrogen-bond acceptors (Lipinski definition) is 3. The van der Waals surface area contributed by atoms with Crippen LogP contribution in [-0.2, 0) is 13.0 Å². The van der Waals surface area contributed by atoms with Crippen LogP contribution in [0.5, 0.6) is 0 Å². The molecular weight excluding hydrogens is 320 g/mol. The Hall–Kier alpha value is -0.420. The fourth-order valence-corrected chi connectivity index (χ4v) is 2.82.